The van der Waals surface area contributed by atoms with Gasteiger partial charge in [0, 0.05) is 19.2 Å². The number of aliphatic hydroxyl groups is 1. The number of sulfonamides is 1. The maximum Gasteiger partial charge on any atom is 0.211 e. The molecule has 1 rings (SSSR count). The fourth-order valence-corrected chi connectivity index (χ4v) is 2.73. The van der Waals surface area contributed by atoms with Gasteiger partial charge in [0.1, 0.15) is 0 Å². The smallest absolute Gasteiger partial charge is 0.211 e. The molecule has 1 N–H and O–H groups in total. The van der Waals surface area contributed by atoms with Crippen molar-refractivity contribution in [3.05, 3.63) is 0 Å². The van der Waals surface area contributed by atoms with Crippen LogP contribution in [0.4, 0.5) is 0 Å². The van der Waals surface area contributed by atoms with Crippen LogP contribution in [0.15, 0.2) is 0 Å². The van der Waals surface area contributed by atoms with E-state index in [4.69, 9.17) is 5.11 Å². The molecule has 0 amide bonds. The quantitative estimate of drug-likeness (QED) is 0.666. The third kappa shape index (κ3) is 1.78. The Morgan fingerprint density at radius 1 is 1.67 bits per heavy atom. The molecule has 1 heterocycles. The summed E-state index contributed by atoms with van der Waals surface area (Å²) in [6.07, 6.45) is 2.08. The highest BCUT2D eigenvalue weighted by Crippen LogP contribution is 2.26. The highest BCUT2D eigenvalue weighted by molar-refractivity contribution is 7.88. The minimum Gasteiger partial charge on any atom is -0.396 e. The van der Waals surface area contributed by atoms with Gasteiger partial charge in [-0.05, 0) is 12.3 Å². The molecule has 0 aromatic rings. The van der Waals surface area contributed by atoms with E-state index in [1.165, 1.54) is 10.6 Å². The van der Waals surface area contributed by atoms with Crippen molar-refractivity contribution in [2.24, 2.45) is 5.92 Å². The molecule has 1 fully saturated rings. The number of nitrogens with zero attached hydrogens (tertiary/aromatic N) is 1. The van der Waals surface area contributed by atoms with Crippen molar-refractivity contribution in [3.8, 4) is 0 Å². The van der Waals surface area contributed by atoms with Gasteiger partial charge in [-0.25, -0.2) is 8.42 Å². The molecule has 0 saturated carbocycles. The van der Waals surface area contributed by atoms with E-state index in [1.54, 1.807) is 0 Å². The second kappa shape index (κ2) is 3.32. The van der Waals surface area contributed by atoms with Crippen LogP contribution in [-0.4, -0.2) is 43.3 Å². The zero-order chi connectivity index (χ0) is 9.35. The van der Waals surface area contributed by atoms with Crippen LogP contribution in [0, 0.1) is 5.92 Å². The van der Waals surface area contributed by atoms with Crippen LogP contribution in [0.3, 0.4) is 0 Å². The lowest BCUT2D eigenvalue weighted by Gasteiger charge is -2.41. The molecule has 0 radical (unpaired) electrons. The first-order valence-electron chi connectivity index (χ1n) is 4.04. The van der Waals surface area contributed by atoms with Gasteiger partial charge < -0.3 is 5.11 Å². The summed E-state index contributed by atoms with van der Waals surface area (Å²) in [5.74, 6) is 0.0495. The van der Waals surface area contributed by atoms with E-state index >= 15 is 0 Å². The Hall–Kier alpha value is -0.130. The Bertz CT molecular complexity index is 249. The summed E-state index contributed by atoms with van der Waals surface area (Å²) in [7, 11) is -3.05. The van der Waals surface area contributed by atoms with Crippen LogP contribution in [0.5, 0.6) is 0 Å². The molecular formula is C7H15NO3S. The van der Waals surface area contributed by atoms with Gasteiger partial charge in [-0.1, -0.05) is 6.92 Å². The van der Waals surface area contributed by atoms with E-state index in [-0.39, 0.29) is 18.6 Å². The van der Waals surface area contributed by atoms with Gasteiger partial charge in [-0.15, -0.1) is 0 Å². The van der Waals surface area contributed by atoms with Crippen LogP contribution >= 0.6 is 0 Å². The molecule has 12 heavy (non-hydrogen) atoms. The van der Waals surface area contributed by atoms with Gasteiger partial charge in [0.2, 0.25) is 10.0 Å². The van der Waals surface area contributed by atoms with Crippen LogP contribution in [0.25, 0.3) is 0 Å². The molecule has 0 aliphatic carbocycles. The summed E-state index contributed by atoms with van der Waals surface area (Å²) >= 11 is 0. The molecule has 2 atom stereocenters. The van der Waals surface area contributed by atoms with Gasteiger partial charge in [0.15, 0.2) is 0 Å². The fraction of sp³-hybridized carbons (Fsp3) is 1.00. The predicted octanol–water partition coefficient (Wildman–Crippen LogP) is -0.351. The lowest BCUT2D eigenvalue weighted by atomic mass is 9.94. The highest BCUT2D eigenvalue weighted by atomic mass is 32.2. The summed E-state index contributed by atoms with van der Waals surface area (Å²) in [6, 6.07) is 0.0185. The number of hydrogen-bond donors (Lipinski definition) is 1. The highest BCUT2D eigenvalue weighted by Gasteiger charge is 2.37. The van der Waals surface area contributed by atoms with Crippen LogP contribution in [-0.2, 0) is 10.0 Å². The van der Waals surface area contributed by atoms with Gasteiger partial charge >= 0.3 is 0 Å². The second-order valence-corrected chi connectivity index (χ2v) is 5.32. The summed E-state index contributed by atoms with van der Waals surface area (Å²) < 4.78 is 23.6. The molecule has 0 aromatic heterocycles. The number of hydrogen-bond acceptors (Lipinski definition) is 3. The van der Waals surface area contributed by atoms with Crippen LogP contribution in [0.1, 0.15) is 13.3 Å². The van der Waals surface area contributed by atoms with Crippen molar-refractivity contribution < 1.29 is 13.5 Å². The topological polar surface area (TPSA) is 57.6 Å². The summed E-state index contributed by atoms with van der Waals surface area (Å²) in [6.45, 7) is 2.52. The molecule has 2 unspecified atom stereocenters. The van der Waals surface area contributed by atoms with Gasteiger partial charge in [-0.2, -0.15) is 4.31 Å². The Morgan fingerprint density at radius 3 is 2.50 bits per heavy atom. The Kier molecular flexibility index (Phi) is 2.75. The largest absolute Gasteiger partial charge is 0.396 e. The second-order valence-electron chi connectivity index (χ2n) is 3.39. The van der Waals surface area contributed by atoms with Crippen molar-refractivity contribution in [1.82, 2.24) is 4.31 Å². The maximum absolute atomic E-state index is 11.1. The lowest BCUT2D eigenvalue weighted by Crippen LogP contribution is -2.54. The first-order chi connectivity index (χ1) is 5.46. The first-order valence-corrected chi connectivity index (χ1v) is 5.89. The van der Waals surface area contributed by atoms with Gasteiger partial charge in [-0.3, -0.25) is 0 Å². The SMILES string of the molecule is CC(CO)C1CCN1S(C)(=O)=O. The van der Waals surface area contributed by atoms with E-state index in [1.807, 2.05) is 6.92 Å². The molecule has 72 valence electrons. The minimum atomic E-state index is -3.05. The normalized spacial score (nSPS) is 28.1. The molecule has 1 aliphatic rings. The van der Waals surface area contributed by atoms with E-state index in [0.717, 1.165) is 6.42 Å². The summed E-state index contributed by atoms with van der Waals surface area (Å²) in [5, 5.41) is 8.83. The molecule has 0 aromatic carbocycles. The Balaban J connectivity index is 2.61. The fourth-order valence-electron chi connectivity index (χ4n) is 1.49. The Morgan fingerprint density at radius 2 is 2.25 bits per heavy atom. The molecular weight excluding hydrogens is 178 g/mol. The monoisotopic (exact) mass is 193 g/mol. The zero-order valence-corrected chi connectivity index (χ0v) is 8.21. The standard InChI is InChI=1S/C7H15NO3S/c1-6(5-9)7-3-4-8(7)12(2,10)11/h6-7,9H,3-5H2,1-2H3. The van der Waals surface area contributed by atoms with Crippen LogP contribution < -0.4 is 0 Å². The predicted molar refractivity (Wildman–Crippen MR) is 46.2 cm³/mol. The molecule has 0 bridgehead atoms. The van der Waals surface area contributed by atoms with E-state index in [0.29, 0.717) is 6.54 Å². The lowest BCUT2D eigenvalue weighted by molar-refractivity contribution is 0.0981. The molecule has 1 aliphatic heterocycles. The number of aliphatic hydroxyl groups excluding tert-OH is 1. The van der Waals surface area contributed by atoms with Crippen molar-refractivity contribution >= 4 is 10.0 Å². The van der Waals surface area contributed by atoms with E-state index < -0.39 is 10.0 Å². The maximum atomic E-state index is 11.1. The molecule has 5 heteroatoms. The zero-order valence-electron chi connectivity index (χ0n) is 7.40. The molecule has 4 nitrogen and oxygen atoms in total. The van der Waals surface area contributed by atoms with E-state index in [2.05, 4.69) is 0 Å². The van der Waals surface area contributed by atoms with Gasteiger partial charge in [0.05, 0.1) is 6.26 Å². The minimum absolute atomic E-state index is 0.0185. The van der Waals surface area contributed by atoms with E-state index in [9.17, 15) is 8.42 Å². The van der Waals surface area contributed by atoms with Crippen molar-refractivity contribution in [2.45, 2.75) is 19.4 Å². The third-order valence-electron chi connectivity index (χ3n) is 2.39. The van der Waals surface area contributed by atoms with Crippen LogP contribution in [0.2, 0.25) is 0 Å². The first kappa shape index (κ1) is 9.95. The van der Waals surface area contributed by atoms with Crippen molar-refractivity contribution in [2.75, 3.05) is 19.4 Å². The molecule has 0 spiro atoms. The van der Waals surface area contributed by atoms with Gasteiger partial charge in [0.25, 0.3) is 0 Å². The average molecular weight is 193 g/mol. The molecule has 1 saturated heterocycles. The third-order valence-corrected chi connectivity index (χ3v) is 3.69. The van der Waals surface area contributed by atoms with Crippen molar-refractivity contribution in [1.29, 1.82) is 0 Å². The number of rotatable bonds is 3. The average Bonchev–Trinajstić information content (AvgIpc) is 1.80. The summed E-state index contributed by atoms with van der Waals surface area (Å²) in [5.41, 5.74) is 0. The summed E-state index contributed by atoms with van der Waals surface area (Å²) in [4.78, 5) is 0. The Labute approximate surface area is 73.2 Å². The van der Waals surface area contributed by atoms with Crippen molar-refractivity contribution in [3.63, 3.8) is 0 Å².